The zero-order valence-corrected chi connectivity index (χ0v) is 15.9. The van der Waals surface area contributed by atoms with Crippen LogP contribution in [0.15, 0.2) is 36.4 Å². The molecule has 3 unspecified atom stereocenters. The van der Waals surface area contributed by atoms with Gasteiger partial charge in [-0.2, -0.15) is 0 Å². The number of carbonyl (C=O) groups excluding carboxylic acids is 1. The van der Waals surface area contributed by atoms with Gasteiger partial charge in [0.15, 0.2) is 6.10 Å². The first-order chi connectivity index (χ1) is 13.0. The highest BCUT2D eigenvalue weighted by atomic mass is 16.6. The average molecular weight is 372 g/mol. The first-order valence-electron chi connectivity index (χ1n) is 8.90. The largest absolute Gasteiger partial charge is 0.497 e. The number of benzene rings is 2. The van der Waals surface area contributed by atoms with Gasteiger partial charge in [-0.05, 0) is 37.1 Å². The number of fused-ring (bicyclic) bond motifs is 1. The van der Waals surface area contributed by atoms with Gasteiger partial charge in [-0.1, -0.05) is 19.1 Å². The lowest BCUT2D eigenvalue weighted by Gasteiger charge is -2.20. The van der Waals surface area contributed by atoms with E-state index < -0.39 is 18.2 Å². The number of ether oxygens (including phenoxy) is 4. The molecular weight excluding hydrogens is 348 g/mol. The van der Waals surface area contributed by atoms with E-state index in [1.807, 2.05) is 6.92 Å². The summed E-state index contributed by atoms with van der Waals surface area (Å²) >= 11 is 0. The van der Waals surface area contributed by atoms with Gasteiger partial charge in [-0.3, -0.25) is 0 Å². The van der Waals surface area contributed by atoms with Crippen LogP contribution in [0, 0.1) is 0 Å². The van der Waals surface area contributed by atoms with Crippen LogP contribution in [0.25, 0.3) is 0 Å². The highest BCUT2D eigenvalue weighted by molar-refractivity contribution is 5.97. The molecule has 1 heterocycles. The van der Waals surface area contributed by atoms with Crippen molar-refractivity contribution < 1.29 is 28.8 Å². The molecule has 0 aromatic heterocycles. The van der Waals surface area contributed by atoms with Crippen LogP contribution in [0.2, 0.25) is 0 Å². The lowest BCUT2D eigenvalue weighted by molar-refractivity contribution is -0.0103. The quantitative estimate of drug-likeness (QED) is 0.745. The predicted octanol–water partition coefficient (Wildman–Crippen LogP) is 3.83. The van der Waals surface area contributed by atoms with Crippen molar-refractivity contribution in [2.45, 2.75) is 38.6 Å². The van der Waals surface area contributed by atoms with Gasteiger partial charge in [0.1, 0.15) is 28.9 Å². The number of hydrogen-bond donors (Lipinski definition) is 1. The maximum absolute atomic E-state index is 12.3. The zero-order valence-electron chi connectivity index (χ0n) is 15.9. The van der Waals surface area contributed by atoms with Gasteiger partial charge >= 0.3 is 5.97 Å². The molecule has 2 aromatic rings. The number of hydrogen-bond acceptors (Lipinski definition) is 6. The number of carbonyl (C=O) groups is 1. The molecule has 0 fully saturated rings. The summed E-state index contributed by atoms with van der Waals surface area (Å²) in [6.07, 6.45) is -0.839. The van der Waals surface area contributed by atoms with E-state index in [4.69, 9.17) is 18.9 Å². The summed E-state index contributed by atoms with van der Waals surface area (Å²) in [5.74, 6) is 1.09. The highest BCUT2D eigenvalue weighted by Crippen LogP contribution is 2.45. The minimum absolute atomic E-state index is 0.114. The van der Waals surface area contributed by atoms with Crippen LogP contribution in [0.3, 0.4) is 0 Å². The van der Waals surface area contributed by atoms with Crippen molar-refractivity contribution in [2.24, 2.45) is 0 Å². The van der Waals surface area contributed by atoms with Gasteiger partial charge in [0.2, 0.25) is 0 Å². The Morgan fingerprint density at radius 2 is 1.81 bits per heavy atom. The molecule has 1 aliphatic heterocycles. The molecule has 3 atom stereocenters. The van der Waals surface area contributed by atoms with Crippen molar-refractivity contribution >= 4 is 5.97 Å². The number of aliphatic hydroxyl groups is 1. The summed E-state index contributed by atoms with van der Waals surface area (Å²) in [6, 6.07) is 10.5. The SMILES string of the molecule is CCC(C)Oc1ccc(C(O)C2OC(=O)c3c(OC)cc(OC)cc32)cc1. The second kappa shape index (κ2) is 7.88. The van der Waals surface area contributed by atoms with E-state index in [1.54, 1.807) is 36.4 Å². The molecule has 6 nitrogen and oxygen atoms in total. The summed E-state index contributed by atoms with van der Waals surface area (Å²) < 4.78 is 21.8. The third-order valence-corrected chi connectivity index (χ3v) is 4.73. The number of rotatable bonds is 7. The minimum Gasteiger partial charge on any atom is -0.497 e. The van der Waals surface area contributed by atoms with E-state index >= 15 is 0 Å². The average Bonchev–Trinajstić information content (AvgIpc) is 3.03. The van der Waals surface area contributed by atoms with Crippen LogP contribution in [0.4, 0.5) is 0 Å². The van der Waals surface area contributed by atoms with E-state index in [2.05, 4.69) is 6.92 Å². The molecule has 0 amide bonds. The lowest BCUT2D eigenvalue weighted by atomic mass is 9.96. The van der Waals surface area contributed by atoms with Crippen LogP contribution in [0.5, 0.6) is 17.2 Å². The highest BCUT2D eigenvalue weighted by Gasteiger charge is 2.39. The van der Waals surface area contributed by atoms with Crippen LogP contribution < -0.4 is 14.2 Å². The maximum atomic E-state index is 12.3. The van der Waals surface area contributed by atoms with Crippen molar-refractivity contribution in [1.82, 2.24) is 0 Å². The van der Waals surface area contributed by atoms with E-state index in [0.29, 0.717) is 28.2 Å². The first kappa shape index (κ1) is 19.0. The Hall–Kier alpha value is -2.73. The number of esters is 1. The standard InChI is InChI=1S/C21H24O6/c1-5-12(2)26-14-8-6-13(7-9-14)19(22)20-16-10-15(24-3)11-17(25-4)18(16)21(23)27-20/h6-12,19-20,22H,5H2,1-4H3. The third-order valence-electron chi connectivity index (χ3n) is 4.73. The number of methoxy groups -OCH3 is 2. The first-order valence-corrected chi connectivity index (χ1v) is 8.90. The Labute approximate surface area is 158 Å². The van der Waals surface area contributed by atoms with Gasteiger partial charge in [0.05, 0.1) is 20.3 Å². The maximum Gasteiger partial charge on any atom is 0.343 e. The zero-order chi connectivity index (χ0) is 19.6. The molecule has 1 aliphatic rings. The van der Waals surface area contributed by atoms with Crippen LogP contribution in [-0.4, -0.2) is 31.4 Å². The topological polar surface area (TPSA) is 74.2 Å². The molecule has 3 rings (SSSR count). The third kappa shape index (κ3) is 3.71. The second-order valence-electron chi connectivity index (χ2n) is 6.47. The second-order valence-corrected chi connectivity index (χ2v) is 6.47. The van der Waals surface area contributed by atoms with Crippen molar-refractivity contribution in [2.75, 3.05) is 14.2 Å². The number of aliphatic hydroxyl groups excluding tert-OH is 1. The van der Waals surface area contributed by atoms with Crippen LogP contribution in [0.1, 0.15) is 54.0 Å². The molecule has 6 heteroatoms. The lowest BCUT2D eigenvalue weighted by Crippen LogP contribution is -2.12. The summed E-state index contributed by atoms with van der Waals surface area (Å²) in [5, 5.41) is 10.8. The summed E-state index contributed by atoms with van der Waals surface area (Å²) in [6.45, 7) is 4.05. The Bertz CT molecular complexity index is 814. The van der Waals surface area contributed by atoms with Crippen molar-refractivity contribution in [3.63, 3.8) is 0 Å². The fourth-order valence-corrected chi connectivity index (χ4v) is 3.04. The molecule has 0 aliphatic carbocycles. The normalized spacial score (nSPS) is 17.7. The van der Waals surface area contributed by atoms with Crippen molar-refractivity contribution in [3.8, 4) is 17.2 Å². The van der Waals surface area contributed by atoms with Crippen molar-refractivity contribution in [3.05, 3.63) is 53.1 Å². The summed E-state index contributed by atoms with van der Waals surface area (Å²) in [7, 11) is 3.00. The molecule has 0 radical (unpaired) electrons. The molecule has 0 saturated carbocycles. The van der Waals surface area contributed by atoms with Gasteiger partial charge in [0, 0.05) is 11.6 Å². The fraction of sp³-hybridized carbons (Fsp3) is 0.381. The molecule has 144 valence electrons. The van der Waals surface area contributed by atoms with Gasteiger partial charge in [-0.15, -0.1) is 0 Å². The van der Waals surface area contributed by atoms with E-state index in [9.17, 15) is 9.90 Å². The Kier molecular flexibility index (Phi) is 5.56. The molecule has 1 N–H and O–H groups in total. The summed E-state index contributed by atoms with van der Waals surface area (Å²) in [5.41, 5.74) is 1.49. The smallest absolute Gasteiger partial charge is 0.343 e. The molecule has 0 saturated heterocycles. The Morgan fingerprint density at radius 1 is 1.11 bits per heavy atom. The van der Waals surface area contributed by atoms with Gasteiger partial charge in [-0.25, -0.2) is 4.79 Å². The monoisotopic (exact) mass is 372 g/mol. The summed E-state index contributed by atoms with van der Waals surface area (Å²) in [4.78, 5) is 12.3. The molecule has 0 spiro atoms. The Balaban J connectivity index is 1.89. The molecular formula is C21H24O6. The van der Waals surface area contributed by atoms with Crippen LogP contribution >= 0.6 is 0 Å². The van der Waals surface area contributed by atoms with E-state index in [-0.39, 0.29) is 6.10 Å². The van der Waals surface area contributed by atoms with E-state index in [1.165, 1.54) is 14.2 Å². The Morgan fingerprint density at radius 3 is 2.41 bits per heavy atom. The molecule has 2 aromatic carbocycles. The van der Waals surface area contributed by atoms with Crippen molar-refractivity contribution in [1.29, 1.82) is 0 Å². The number of cyclic esters (lactones) is 1. The predicted molar refractivity (Wildman–Crippen MR) is 99.5 cm³/mol. The van der Waals surface area contributed by atoms with Gasteiger partial charge in [0.25, 0.3) is 0 Å². The fourth-order valence-electron chi connectivity index (χ4n) is 3.04. The minimum atomic E-state index is -1.02. The molecule has 0 bridgehead atoms. The van der Waals surface area contributed by atoms with Gasteiger partial charge < -0.3 is 24.1 Å². The van der Waals surface area contributed by atoms with Crippen LogP contribution in [-0.2, 0) is 4.74 Å². The van der Waals surface area contributed by atoms with E-state index in [0.717, 1.165) is 12.2 Å². The molecule has 27 heavy (non-hydrogen) atoms.